The molecule has 0 unspecified atom stereocenters. The Morgan fingerprint density at radius 3 is 2.50 bits per heavy atom. The number of carbonyl (C=O) groups excluding carboxylic acids is 2. The number of rotatable bonds is 6. The van der Waals surface area contributed by atoms with Crippen molar-refractivity contribution < 1.29 is 14.3 Å². The Kier molecular flexibility index (Phi) is 8.68. The zero-order chi connectivity index (χ0) is 20.7. The summed E-state index contributed by atoms with van der Waals surface area (Å²) < 4.78 is 6.48. The smallest absolute Gasteiger partial charge is 0.410 e. The number of hydrogen-bond donors (Lipinski definition) is 0. The molecule has 1 aliphatic heterocycles. The SMILES string of the molecule is CN(CC1CCN(C(=O)CCSc2ccccc2Br)CC1)C(=O)OC(C)(C)C. The normalized spacial score (nSPS) is 15.4. The monoisotopic (exact) mass is 470 g/mol. The highest BCUT2D eigenvalue weighted by Gasteiger charge is 2.26. The van der Waals surface area contributed by atoms with Gasteiger partial charge in [0.1, 0.15) is 5.60 Å². The van der Waals surface area contributed by atoms with Crippen LogP contribution >= 0.6 is 27.7 Å². The Bertz CT molecular complexity index is 670. The fraction of sp³-hybridized carbons (Fsp3) is 0.619. The van der Waals surface area contributed by atoms with Crippen LogP contribution in [0.1, 0.15) is 40.0 Å². The third-order valence-electron chi connectivity index (χ3n) is 4.61. The molecule has 156 valence electrons. The molecule has 0 N–H and O–H groups in total. The zero-order valence-electron chi connectivity index (χ0n) is 17.2. The molecule has 1 heterocycles. The minimum Gasteiger partial charge on any atom is -0.444 e. The summed E-state index contributed by atoms with van der Waals surface area (Å²) in [4.78, 5) is 29.4. The van der Waals surface area contributed by atoms with Crippen LogP contribution in [0.3, 0.4) is 0 Å². The van der Waals surface area contributed by atoms with Gasteiger partial charge in [-0.1, -0.05) is 12.1 Å². The third-order valence-corrected chi connectivity index (χ3v) is 6.64. The second-order valence-electron chi connectivity index (χ2n) is 8.21. The number of halogens is 1. The molecule has 1 aromatic rings. The molecule has 0 spiro atoms. The van der Waals surface area contributed by atoms with Crippen LogP contribution in [0.5, 0.6) is 0 Å². The van der Waals surface area contributed by atoms with Gasteiger partial charge in [-0.05, 0) is 67.6 Å². The van der Waals surface area contributed by atoms with Crippen molar-refractivity contribution in [3.05, 3.63) is 28.7 Å². The number of nitrogens with zero attached hydrogens (tertiary/aromatic N) is 2. The molecule has 1 fully saturated rings. The van der Waals surface area contributed by atoms with E-state index in [1.54, 1.807) is 23.7 Å². The Balaban J connectivity index is 1.69. The van der Waals surface area contributed by atoms with Crippen LogP contribution in [0.2, 0.25) is 0 Å². The maximum Gasteiger partial charge on any atom is 0.410 e. The van der Waals surface area contributed by atoms with E-state index < -0.39 is 5.60 Å². The Hall–Kier alpha value is -1.21. The molecule has 0 aromatic heterocycles. The topological polar surface area (TPSA) is 49.9 Å². The van der Waals surface area contributed by atoms with Crippen LogP contribution in [0.25, 0.3) is 0 Å². The number of benzene rings is 1. The van der Waals surface area contributed by atoms with Gasteiger partial charge in [-0.25, -0.2) is 4.79 Å². The minimum atomic E-state index is -0.478. The fourth-order valence-electron chi connectivity index (χ4n) is 3.13. The molecule has 2 amide bonds. The lowest BCUT2D eigenvalue weighted by molar-refractivity contribution is -0.132. The molecule has 1 aromatic carbocycles. The van der Waals surface area contributed by atoms with Crippen molar-refractivity contribution in [2.24, 2.45) is 5.92 Å². The van der Waals surface area contributed by atoms with Crippen LogP contribution in [0.4, 0.5) is 4.79 Å². The van der Waals surface area contributed by atoms with Crippen LogP contribution in [0.15, 0.2) is 33.6 Å². The number of hydrogen-bond acceptors (Lipinski definition) is 4. The number of likely N-dealkylation sites (tertiary alicyclic amines) is 1. The molecule has 0 atom stereocenters. The van der Waals surface area contributed by atoms with Gasteiger partial charge in [0, 0.05) is 48.2 Å². The summed E-state index contributed by atoms with van der Waals surface area (Å²) in [5.74, 6) is 1.41. The van der Waals surface area contributed by atoms with Crippen molar-refractivity contribution in [2.45, 2.75) is 50.5 Å². The van der Waals surface area contributed by atoms with Gasteiger partial charge in [-0.15, -0.1) is 11.8 Å². The molecule has 0 saturated carbocycles. The van der Waals surface area contributed by atoms with Gasteiger partial charge in [-0.2, -0.15) is 0 Å². The van der Waals surface area contributed by atoms with Crippen LogP contribution in [0, 0.1) is 5.92 Å². The van der Waals surface area contributed by atoms with E-state index in [4.69, 9.17) is 4.74 Å². The lowest BCUT2D eigenvalue weighted by Gasteiger charge is -2.34. The molecule has 7 heteroatoms. The van der Waals surface area contributed by atoms with Gasteiger partial charge in [0.05, 0.1) is 0 Å². The largest absolute Gasteiger partial charge is 0.444 e. The van der Waals surface area contributed by atoms with Gasteiger partial charge < -0.3 is 14.5 Å². The van der Waals surface area contributed by atoms with E-state index >= 15 is 0 Å². The van der Waals surface area contributed by atoms with Crippen molar-refractivity contribution >= 4 is 39.7 Å². The third kappa shape index (κ3) is 7.66. The Morgan fingerprint density at radius 2 is 1.89 bits per heavy atom. The van der Waals surface area contributed by atoms with E-state index in [0.717, 1.165) is 36.2 Å². The van der Waals surface area contributed by atoms with E-state index in [1.165, 1.54) is 4.90 Å². The second-order valence-corrected chi connectivity index (χ2v) is 10.2. The highest BCUT2D eigenvalue weighted by molar-refractivity contribution is 9.10. The number of amides is 2. The average Bonchev–Trinajstić information content (AvgIpc) is 2.62. The predicted octanol–water partition coefficient (Wildman–Crippen LogP) is 5.04. The zero-order valence-corrected chi connectivity index (χ0v) is 19.6. The standard InChI is InChI=1S/C21H31BrN2O3S/c1-21(2,3)27-20(26)23(4)15-16-9-12-24(13-10-16)19(25)11-14-28-18-8-6-5-7-17(18)22/h5-8,16H,9-15H2,1-4H3. The molecular weight excluding hydrogens is 440 g/mol. The van der Waals surface area contributed by atoms with Gasteiger partial charge in [0.2, 0.25) is 5.91 Å². The Labute approximate surface area is 181 Å². The van der Waals surface area contributed by atoms with Gasteiger partial charge in [0.25, 0.3) is 0 Å². The molecule has 0 aliphatic carbocycles. The first-order valence-corrected chi connectivity index (χ1v) is 11.5. The number of ether oxygens (including phenoxy) is 1. The van der Waals surface area contributed by atoms with Crippen molar-refractivity contribution in [1.82, 2.24) is 9.80 Å². The second kappa shape index (κ2) is 10.5. The van der Waals surface area contributed by atoms with Crippen molar-refractivity contribution in [2.75, 3.05) is 32.4 Å². The minimum absolute atomic E-state index is 0.221. The lowest BCUT2D eigenvalue weighted by atomic mass is 9.96. The van der Waals surface area contributed by atoms with E-state index in [9.17, 15) is 9.59 Å². The highest BCUT2D eigenvalue weighted by atomic mass is 79.9. The summed E-state index contributed by atoms with van der Waals surface area (Å²) in [6.45, 7) is 7.83. The quantitative estimate of drug-likeness (QED) is 0.546. The number of thioether (sulfide) groups is 1. The van der Waals surface area contributed by atoms with Crippen molar-refractivity contribution in [1.29, 1.82) is 0 Å². The maximum absolute atomic E-state index is 12.5. The first-order chi connectivity index (χ1) is 13.2. The number of piperidine rings is 1. The van der Waals surface area contributed by atoms with Gasteiger partial charge in [-0.3, -0.25) is 4.79 Å². The van der Waals surface area contributed by atoms with Gasteiger partial charge in [0.15, 0.2) is 0 Å². The van der Waals surface area contributed by atoms with E-state index in [1.807, 2.05) is 43.9 Å². The van der Waals surface area contributed by atoms with Crippen molar-refractivity contribution in [3.8, 4) is 0 Å². The molecule has 1 aliphatic rings. The molecule has 0 radical (unpaired) electrons. The first kappa shape index (κ1) is 23.1. The Morgan fingerprint density at radius 1 is 1.25 bits per heavy atom. The molecule has 0 bridgehead atoms. The average molecular weight is 471 g/mol. The summed E-state index contributed by atoms with van der Waals surface area (Å²) in [7, 11) is 1.78. The predicted molar refractivity (Wildman–Crippen MR) is 118 cm³/mol. The maximum atomic E-state index is 12.5. The van der Waals surface area contributed by atoms with Crippen LogP contribution < -0.4 is 0 Å². The summed E-state index contributed by atoms with van der Waals surface area (Å²) in [6.07, 6.45) is 2.12. The summed E-state index contributed by atoms with van der Waals surface area (Å²) in [6, 6.07) is 8.08. The first-order valence-electron chi connectivity index (χ1n) is 9.75. The van der Waals surface area contributed by atoms with Gasteiger partial charge >= 0.3 is 6.09 Å². The molecule has 1 saturated heterocycles. The highest BCUT2D eigenvalue weighted by Crippen LogP contribution is 2.28. The molecule has 28 heavy (non-hydrogen) atoms. The van der Waals surface area contributed by atoms with Crippen molar-refractivity contribution in [3.63, 3.8) is 0 Å². The van der Waals surface area contributed by atoms with E-state index in [2.05, 4.69) is 22.0 Å². The summed E-state index contributed by atoms with van der Waals surface area (Å²) >= 11 is 5.24. The molecule has 2 rings (SSSR count). The van der Waals surface area contributed by atoms with Crippen LogP contribution in [-0.4, -0.2) is 59.8 Å². The van der Waals surface area contributed by atoms with Crippen LogP contribution in [-0.2, 0) is 9.53 Å². The van der Waals surface area contributed by atoms with E-state index in [-0.39, 0.29) is 12.0 Å². The molecule has 5 nitrogen and oxygen atoms in total. The number of carbonyl (C=O) groups is 2. The molecular formula is C21H31BrN2O3S. The summed E-state index contributed by atoms with van der Waals surface area (Å²) in [5, 5.41) is 0. The lowest BCUT2D eigenvalue weighted by Crippen LogP contribution is -2.43. The summed E-state index contributed by atoms with van der Waals surface area (Å²) in [5.41, 5.74) is -0.478. The van der Waals surface area contributed by atoms with E-state index in [0.29, 0.717) is 18.9 Å². The fourth-order valence-corrected chi connectivity index (χ4v) is 4.64.